The van der Waals surface area contributed by atoms with Crippen molar-refractivity contribution in [3.63, 3.8) is 0 Å². The summed E-state index contributed by atoms with van der Waals surface area (Å²) in [6, 6.07) is 3.64. The standard InChI is InChI=1S/C14H20F2N2O/c1-9(2)7-10(3)17-8-13(19)18-14-11(15)5-4-6-12(14)16/h4-6,9-10,17H,7-8H2,1-3H3,(H,18,19). The maximum Gasteiger partial charge on any atom is 0.238 e. The van der Waals surface area contributed by atoms with Crippen molar-refractivity contribution in [3.8, 4) is 0 Å². The number of amides is 1. The molecule has 0 aliphatic carbocycles. The van der Waals surface area contributed by atoms with Crippen LogP contribution in [-0.4, -0.2) is 18.5 Å². The van der Waals surface area contributed by atoms with Crippen LogP contribution in [0.25, 0.3) is 0 Å². The molecule has 3 nitrogen and oxygen atoms in total. The van der Waals surface area contributed by atoms with Crippen molar-refractivity contribution in [2.24, 2.45) is 5.92 Å². The van der Waals surface area contributed by atoms with Gasteiger partial charge in [-0.2, -0.15) is 0 Å². The van der Waals surface area contributed by atoms with Crippen LogP contribution in [0.2, 0.25) is 0 Å². The third-order valence-electron chi connectivity index (χ3n) is 2.66. The van der Waals surface area contributed by atoms with Gasteiger partial charge in [-0.1, -0.05) is 19.9 Å². The van der Waals surface area contributed by atoms with Crippen LogP contribution in [0.15, 0.2) is 18.2 Å². The molecule has 19 heavy (non-hydrogen) atoms. The number of carbonyl (C=O) groups is 1. The van der Waals surface area contributed by atoms with Crippen LogP contribution in [0.3, 0.4) is 0 Å². The lowest BCUT2D eigenvalue weighted by atomic mass is 10.1. The largest absolute Gasteiger partial charge is 0.320 e. The van der Waals surface area contributed by atoms with E-state index in [0.717, 1.165) is 18.6 Å². The van der Waals surface area contributed by atoms with Crippen molar-refractivity contribution in [3.05, 3.63) is 29.8 Å². The van der Waals surface area contributed by atoms with E-state index in [0.29, 0.717) is 5.92 Å². The van der Waals surface area contributed by atoms with Crippen LogP contribution in [-0.2, 0) is 4.79 Å². The number of hydrogen-bond acceptors (Lipinski definition) is 2. The molecular weight excluding hydrogens is 250 g/mol. The first-order valence-corrected chi connectivity index (χ1v) is 6.37. The van der Waals surface area contributed by atoms with Crippen LogP contribution in [0.1, 0.15) is 27.2 Å². The van der Waals surface area contributed by atoms with Crippen molar-refractivity contribution in [1.29, 1.82) is 0 Å². The summed E-state index contributed by atoms with van der Waals surface area (Å²) in [4.78, 5) is 11.6. The first kappa shape index (κ1) is 15.6. The molecule has 1 atom stereocenters. The molecule has 2 N–H and O–H groups in total. The molecule has 1 aromatic rings. The fourth-order valence-corrected chi connectivity index (χ4v) is 1.86. The van der Waals surface area contributed by atoms with Crippen molar-refractivity contribution >= 4 is 11.6 Å². The highest BCUT2D eigenvalue weighted by Crippen LogP contribution is 2.17. The molecule has 1 amide bonds. The number of rotatable bonds is 6. The molecule has 0 bridgehead atoms. The molecule has 0 spiro atoms. The van der Waals surface area contributed by atoms with E-state index in [9.17, 15) is 13.6 Å². The van der Waals surface area contributed by atoms with Gasteiger partial charge in [-0.05, 0) is 31.4 Å². The van der Waals surface area contributed by atoms with E-state index in [1.165, 1.54) is 6.07 Å². The zero-order chi connectivity index (χ0) is 14.4. The normalized spacial score (nSPS) is 12.5. The molecule has 0 saturated carbocycles. The Morgan fingerprint density at radius 1 is 1.21 bits per heavy atom. The Labute approximate surface area is 112 Å². The summed E-state index contributed by atoms with van der Waals surface area (Å²) in [5.41, 5.74) is -0.397. The monoisotopic (exact) mass is 270 g/mol. The lowest BCUT2D eigenvalue weighted by Crippen LogP contribution is -2.35. The quantitative estimate of drug-likeness (QED) is 0.834. The second kappa shape index (κ2) is 7.19. The number of nitrogens with one attached hydrogen (secondary N) is 2. The third kappa shape index (κ3) is 5.34. The molecule has 0 fully saturated rings. The van der Waals surface area contributed by atoms with Crippen molar-refractivity contribution in [2.75, 3.05) is 11.9 Å². The molecule has 1 aromatic carbocycles. The SMILES string of the molecule is CC(C)CC(C)NCC(=O)Nc1c(F)cccc1F. The summed E-state index contributed by atoms with van der Waals surface area (Å²) in [7, 11) is 0. The fourth-order valence-electron chi connectivity index (χ4n) is 1.86. The molecule has 0 aromatic heterocycles. The fraction of sp³-hybridized carbons (Fsp3) is 0.500. The van der Waals surface area contributed by atoms with Gasteiger partial charge < -0.3 is 10.6 Å². The molecule has 0 radical (unpaired) electrons. The summed E-state index contributed by atoms with van der Waals surface area (Å²) in [5, 5.41) is 5.25. The predicted octanol–water partition coefficient (Wildman–Crippen LogP) is 2.93. The Morgan fingerprint density at radius 3 is 2.32 bits per heavy atom. The smallest absolute Gasteiger partial charge is 0.238 e. The maximum atomic E-state index is 13.3. The summed E-state index contributed by atoms with van der Waals surface area (Å²) in [6.45, 7) is 6.18. The van der Waals surface area contributed by atoms with Gasteiger partial charge in [0.25, 0.3) is 0 Å². The molecule has 0 aliphatic heterocycles. The zero-order valence-electron chi connectivity index (χ0n) is 11.5. The van der Waals surface area contributed by atoms with E-state index in [1.807, 2.05) is 6.92 Å². The Kier molecular flexibility index (Phi) is 5.89. The van der Waals surface area contributed by atoms with Crippen molar-refractivity contribution in [2.45, 2.75) is 33.2 Å². The zero-order valence-corrected chi connectivity index (χ0v) is 11.5. The van der Waals surface area contributed by atoms with Crippen LogP contribution < -0.4 is 10.6 Å². The van der Waals surface area contributed by atoms with Crippen LogP contribution in [0, 0.1) is 17.6 Å². The van der Waals surface area contributed by atoms with Gasteiger partial charge in [0.2, 0.25) is 5.91 Å². The van der Waals surface area contributed by atoms with E-state index >= 15 is 0 Å². The predicted molar refractivity (Wildman–Crippen MR) is 71.9 cm³/mol. The van der Waals surface area contributed by atoms with Crippen molar-refractivity contribution in [1.82, 2.24) is 5.32 Å². The summed E-state index contributed by atoms with van der Waals surface area (Å²) in [6.07, 6.45) is 0.932. The Balaban J connectivity index is 2.48. The minimum Gasteiger partial charge on any atom is -0.320 e. The molecule has 1 rings (SSSR count). The molecule has 5 heteroatoms. The summed E-state index contributed by atoms with van der Waals surface area (Å²) < 4.78 is 26.6. The highest BCUT2D eigenvalue weighted by atomic mass is 19.1. The Hall–Kier alpha value is -1.49. The van der Waals surface area contributed by atoms with Gasteiger partial charge in [-0.25, -0.2) is 8.78 Å². The highest BCUT2D eigenvalue weighted by molar-refractivity contribution is 5.92. The van der Waals surface area contributed by atoms with E-state index in [-0.39, 0.29) is 12.6 Å². The molecule has 0 saturated heterocycles. The van der Waals surface area contributed by atoms with Crippen LogP contribution >= 0.6 is 0 Å². The molecule has 106 valence electrons. The van der Waals surface area contributed by atoms with Crippen molar-refractivity contribution < 1.29 is 13.6 Å². The number of hydrogen-bond donors (Lipinski definition) is 2. The second-order valence-corrected chi connectivity index (χ2v) is 5.06. The summed E-state index contributed by atoms with van der Waals surface area (Å²) in [5.74, 6) is -1.48. The molecule has 0 heterocycles. The molecule has 1 unspecified atom stereocenters. The van der Waals surface area contributed by atoms with Gasteiger partial charge in [-0.15, -0.1) is 0 Å². The molecular formula is C14H20F2N2O. The van der Waals surface area contributed by atoms with E-state index in [2.05, 4.69) is 24.5 Å². The van der Waals surface area contributed by atoms with Gasteiger partial charge in [0.05, 0.1) is 6.54 Å². The van der Waals surface area contributed by atoms with Gasteiger partial charge in [0, 0.05) is 6.04 Å². The average molecular weight is 270 g/mol. The lowest BCUT2D eigenvalue weighted by Gasteiger charge is -2.15. The first-order chi connectivity index (χ1) is 8.90. The van der Waals surface area contributed by atoms with Gasteiger partial charge in [0.15, 0.2) is 0 Å². The van der Waals surface area contributed by atoms with Gasteiger partial charge in [0.1, 0.15) is 17.3 Å². The second-order valence-electron chi connectivity index (χ2n) is 5.06. The highest BCUT2D eigenvalue weighted by Gasteiger charge is 2.12. The summed E-state index contributed by atoms with van der Waals surface area (Å²) >= 11 is 0. The van der Waals surface area contributed by atoms with Crippen LogP contribution in [0.5, 0.6) is 0 Å². The Bertz CT molecular complexity index is 415. The number of para-hydroxylation sites is 1. The van der Waals surface area contributed by atoms with E-state index < -0.39 is 23.2 Å². The number of benzene rings is 1. The number of halogens is 2. The average Bonchev–Trinajstić information content (AvgIpc) is 2.30. The van der Waals surface area contributed by atoms with Gasteiger partial charge in [-0.3, -0.25) is 4.79 Å². The number of carbonyl (C=O) groups excluding carboxylic acids is 1. The maximum absolute atomic E-state index is 13.3. The number of anilines is 1. The molecule has 0 aliphatic rings. The van der Waals surface area contributed by atoms with Gasteiger partial charge >= 0.3 is 0 Å². The minimum absolute atomic E-state index is 0.0294. The minimum atomic E-state index is -0.774. The first-order valence-electron chi connectivity index (χ1n) is 6.37. The van der Waals surface area contributed by atoms with E-state index in [4.69, 9.17) is 0 Å². The lowest BCUT2D eigenvalue weighted by molar-refractivity contribution is -0.115. The van der Waals surface area contributed by atoms with Crippen LogP contribution in [0.4, 0.5) is 14.5 Å². The van der Waals surface area contributed by atoms with E-state index in [1.54, 1.807) is 0 Å². The third-order valence-corrected chi connectivity index (χ3v) is 2.66. The topological polar surface area (TPSA) is 41.1 Å². The Morgan fingerprint density at radius 2 is 1.79 bits per heavy atom.